The number of fused-ring (bicyclic) bond motifs is 1. The van der Waals surface area contributed by atoms with Crippen LogP contribution in [-0.4, -0.2) is 33.4 Å². The minimum atomic E-state index is -0.268. The standard InChI is InChI=1S/C23H20N6O/c1-16-2-6-18(7-3-16)21-13-27-22-14-26-20(15-29(21)22)23(30)28(11-10-24)19-8-4-17(12-25)5-9-19/h2-9,13-15H,10-11,24H2,1H3. The fraction of sp³-hybridized carbons (Fsp3) is 0.130. The molecule has 2 N–H and O–H groups in total. The number of anilines is 1. The van der Waals surface area contributed by atoms with Crippen LogP contribution >= 0.6 is 0 Å². The van der Waals surface area contributed by atoms with Gasteiger partial charge in [0.2, 0.25) is 0 Å². The second-order valence-corrected chi connectivity index (χ2v) is 6.91. The summed E-state index contributed by atoms with van der Waals surface area (Å²) in [7, 11) is 0. The van der Waals surface area contributed by atoms with Crippen LogP contribution < -0.4 is 10.6 Å². The van der Waals surface area contributed by atoms with Crippen LogP contribution in [0.25, 0.3) is 16.9 Å². The van der Waals surface area contributed by atoms with Gasteiger partial charge in [0, 0.05) is 30.5 Å². The molecule has 0 atom stereocenters. The Bertz CT molecular complexity index is 1240. The fourth-order valence-corrected chi connectivity index (χ4v) is 3.27. The second-order valence-electron chi connectivity index (χ2n) is 6.91. The van der Waals surface area contributed by atoms with E-state index < -0.39 is 0 Å². The molecule has 1 amide bonds. The summed E-state index contributed by atoms with van der Waals surface area (Å²) in [6.07, 6.45) is 5.06. The van der Waals surface area contributed by atoms with Gasteiger partial charge >= 0.3 is 0 Å². The summed E-state index contributed by atoms with van der Waals surface area (Å²) in [6.45, 7) is 2.67. The van der Waals surface area contributed by atoms with Crippen LogP contribution in [0.3, 0.4) is 0 Å². The number of aryl methyl sites for hydroxylation is 1. The van der Waals surface area contributed by atoms with Crippen LogP contribution in [0, 0.1) is 18.3 Å². The van der Waals surface area contributed by atoms with Crippen molar-refractivity contribution in [1.29, 1.82) is 5.26 Å². The molecule has 0 unspecified atom stereocenters. The number of imidazole rings is 1. The average Bonchev–Trinajstić information content (AvgIpc) is 3.21. The van der Waals surface area contributed by atoms with Crippen LogP contribution in [0.5, 0.6) is 0 Å². The number of nitriles is 1. The minimum Gasteiger partial charge on any atom is -0.329 e. The molecule has 2 aromatic heterocycles. The maximum Gasteiger partial charge on any atom is 0.278 e. The van der Waals surface area contributed by atoms with Crippen molar-refractivity contribution in [3.63, 3.8) is 0 Å². The lowest BCUT2D eigenvalue weighted by Crippen LogP contribution is -2.36. The molecule has 0 spiro atoms. The Morgan fingerprint density at radius 2 is 1.83 bits per heavy atom. The molecule has 2 heterocycles. The zero-order chi connectivity index (χ0) is 21.1. The van der Waals surface area contributed by atoms with Gasteiger partial charge in [0.1, 0.15) is 5.69 Å². The third-order valence-corrected chi connectivity index (χ3v) is 4.87. The van der Waals surface area contributed by atoms with Crippen molar-refractivity contribution in [2.45, 2.75) is 6.92 Å². The Labute approximate surface area is 174 Å². The van der Waals surface area contributed by atoms with Crippen molar-refractivity contribution in [3.8, 4) is 17.3 Å². The summed E-state index contributed by atoms with van der Waals surface area (Å²) in [6, 6.07) is 17.0. The third kappa shape index (κ3) is 3.64. The van der Waals surface area contributed by atoms with E-state index in [-0.39, 0.29) is 11.6 Å². The molecule has 7 heteroatoms. The SMILES string of the molecule is Cc1ccc(-c2cnc3cnc(C(=O)N(CCN)c4ccc(C#N)cc4)cn23)cc1. The topological polar surface area (TPSA) is 100 Å². The predicted octanol–water partition coefficient (Wildman–Crippen LogP) is 3.18. The van der Waals surface area contributed by atoms with Gasteiger partial charge in [-0.3, -0.25) is 9.20 Å². The van der Waals surface area contributed by atoms with Crippen LogP contribution in [0.15, 0.2) is 67.1 Å². The Kier molecular flexibility index (Phi) is 5.24. The molecule has 7 nitrogen and oxygen atoms in total. The number of carbonyl (C=O) groups excluding carboxylic acids is 1. The van der Waals surface area contributed by atoms with Gasteiger partial charge in [-0.1, -0.05) is 29.8 Å². The molecule has 0 radical (unpaired) electrons. The molecule has 2 aromatic carbocycles. The minimum absolute atomic E-state index is 0.268. The molecule has 0 bridgehead atoms. The molecule has 0 saturated heterocycles. The van der Waals surface area contributed by atoms with Gasteiger partial charge in [-0.2, -0.15) is 5.26 Å². The molecule has 0 fully saturated rings. The Morgan fingerprint density at radius 1 is 1.10 bits per heavy atom. The normalized spacial score (nSPS) is 10.7. The van der Waals surface area contributed by atoms with Crippen LogP contribution in [0.2, 0.25) is 0 Å². The second kappa shape index (κ2) is 8.15. The quantitative estimate of drug-likeness (QED) is 0.558. The maximum absolute atomic E-state index is 13.3. The van der Waals surface area contributed by atoms with Crippen molar-refractivity contribution in [1.82, 2.24) is 14.4 Å². The molecule has 0 aliphatic heterocycles. The van der Waals surface area contributed by atoms with Crippen LogP contribution in [0.1, 0.15) is 21.6 Å². The number of nitrogens with two attached hydrogens (primary N) is 1. The van der Waals surface area contributed by atoms with E-state index in [0.717, 1.165) is 11.3 Å². The van der Waals surface area contributed by atoms with Crippen molar-refractivity contribution < 1.29 is 4.79 Å². The molecule has 0 aliphatic rings. The van der Waals surface area contributed by atoms with E-state index in [1.165, 1.54) is 5.56 Å². The van der Waals surface area contributed by atoms with Crippen LogP contribution in [0.4, 0.5) is 5.69 Å². The molecule has 148 valence electrons. The van der Waals surface area contributed by atoms with Crippen molar-refractivity contribution in [3.05, 3.63) is 83.9 Å². The summed E-state index contributed by atoms with van der Waals surface area (Å²) in [5.74, 6) is -0.268. The van der Waals surface area contributed by atoms with Gasteiger partial charge < -0.3 is 10.6 Å². The lowest BCUT2D eigenvalue weighted by Gasteiger charge is -2.22. The number of benzene rings is 2. The fourth-order valence-electron chi connectivity index (χ4n) is 3.27. The first kappa shape index (κ1) is 19.3. The van der Waals surface area contributed by atoms with Gasteiger partial charge in [-0.05, 0) is 31.2 Å². The zero-order valence-corrected chi connectivity index (χ0v) is 16.5. The van der Waals surface area contributed by atoms with E-state index in [1.54, 1.807) is 47.8 Å². The third-order valence-electron chi connectivity index (χ3n) is 4.87. The number of hydrogen-bond donors (Lipinski definition) is 1. The number of rotatable bonds is 5. The van der Waals surface area contributed by atoms with E-state index >= 15 is 0 Å². The monoisotopic (exact) mass is 396 g/mol. The first-order valence-electron chi connectivity index (χ1n) is 9.53. The highest BCUT2D eigenvalue weighted by Crippen LogP contribution is 2.22. The van der Waals surface area contributed by atoms with E-state index in [2.05, 4.69) is 16.0 Å². The van der Waals surface area contributed by atoms with Crippen molar-refractivity contribution in [2.24, 2.45) is 5.73 Å². The van der Waals surface area contributed by atoms with Crippen LogP contribution in [-0.2, 0) is 0 Å². The zero-order valence-electron chi connectivity index (χ0n) is 16.5. The lowest BCUT2D eigenvalue weighted by molar-refractivity contribution is 0.0982. The summed E-state index contributed by atoms with van der Waals surface area (Å²) in [4.78, 5) is 23.5. The highest BCUT2D eigenvalue weighted by molar-refractivity contribution is 6.04. The van der Waals surface area contributed by atoms with E-state index in [0.29, 0.717) is 30.0 Å². The van der Waals surface area contributed by atoms with Gasteiger partial charge in [-0.15, -0.1) is 0 Å². The summed E-state index contributed by atoms with van der Waals surface area (Å²) in [5, 5.41) is 9.00. The highest BCUT2D eigenvalue weighted by atomic mass is 16.2. The van der Waals surface area contributed by atoms with Gasteiger partial charge in [0.15, 0.2) is 5.65 Å². The summed E-state index contributed by atoms with van der Waals surface area (Å²) >= 11 is 0. The molecule has 30 heavy (non-hydrogen) atoms. The number of amides is 1. The smallest absolute Gasteiger partial charge is 0.278 e. The van der Waals surface area contributed by atoms with Gasteiger partial charge in [0.05, 0.1) is 29.7 Å². The first-order valence-corrected chi connectivity index (χ1v) is 9.53. The molecule has 4 rings (SSSR count). The molecule has 4 aromatic rings. The highest BCUT2D eigenvalue weighted by Gasteiger charge is 2.20. The average molecular weight is 396 g/mol. The maximum atomic E-state index is 13.3. The number of carbonyl (C=O) groups is 1. The molecular formula is C23H20N6O. The summed E-state index contributed by atoms with van der Waals surface area (Å²) in [5.41, 5.74) is 10.9. The van der Waals surface area contributed by atoms with Gasteiger partial charge in [-0.25, -0.2) is 9.97 Å². The Morgan fingerprint density at radius 3 is 2.50 bits per heavy atom. The number of nitrogens with zero attached hydrogens (tertiary/aromatic N) is 5. The van der Waals surface area contributed by atoms with Crippen molar-refractivity contribution in [2.75, 3.05) is 18.0 Å². The molecule has 0 saturated carbocycles. The van der Waals surface area contributed by atoms with E-state index in [1.807, 2.05) is 35.6 Å². The predicted molar refractivity (Wildman–Crippen MR) is 115 cm³/mol. The molecular weight excluding hydrogens is 376 g/mol. The largest absolute Gasteiger partial charge is 0.329 e. The molecule has 0 aliphatic carbocycles. The van der Waals surface area contributed by atoms with Crippen molar-refractivity contribution >= 4 is 17.2 Å². The Balaban J connectivity index is 1.73. The summed E-state index contributed by atoms with van der Waals surface area (Å²) < 4.78 is 1.87. The van der Waals surface area contributed by atoms with E-state index in [4.69, 9.17) is 11.0 Å². The number of hydrogen-bond acceptors (Lipinski definition) is 5. The van der Waals surface area contributed by atoms with E-state index in [9.17, 15) is 4.79 Å². The number of aromatic nitrogens is 3. The first-order chi connectivity index (χ1) is 14.6. The van der Waals surface area contributed by atoms with Gasteiger partial charge in [0.25, 0.3) is 5.91 Å². The Hall–Kier alpha value is -4.02. The lowest BCUT2D eigenvalue weighted by atomic mass is 10.1.